The van der Waals surface area contributed by atoms with Crippen molar-refractivity contribution >= 4 is 29.3 Å². The van der Waals surface area contributed by atoms with E-state index in [1.54, 1.807) is 24.3 Å². The summed E-state index contributed by atoms with van der Waals surface area (Å²) in [6.07, 6.45) is 0. The highest BCUT2D eigenvalue weighted by Gasteiger charge is 2.17. The largest absolute Gasteiger partial charge is 0.348 e. The number of thioether (sulfide) groups is 1. The summed E-state index contributed by atoms with van der Waals surface area (Å²) in [5, 5.41) is 5.53. The third kappa shape index (κ3) is 3.28. The topological polar surface area (TPSA) is 58.2 Å². The van der Waals surface area contributed by atoms with Crippen molar-refractivity contribution in [3.05, 3.63) is 59.4 Å². The fourth-order valence-corrected chi connectivity index (χ4v) is 2.90. The van der Waals surface area contributed by atoms with Crippen LogP contribution >= 0.6 is 11.8 Å². The second-order valence-corrected chi connectivity index (χ2v) is 5.87. The fourth-order valence-electron chi connectivity index (χ4n) is 2.11. The number of nitrogens with one attached hydrogen (secondary N) is 2. The van der Waals surface area contributed by atoms with Crippen molar-refractivity contribution in [2.45, 2.75) is 11.4 Å². The van der Waals surface area contributed by atoms with Gasteiger partial charge in [-0.1, -0.05) is 12.1 Å². The van der Waals surface area contributed by atoms with Crippen molar-refractivity contribution < 1.29 is 14.0 Å². The molecule has 0 bridgehead atoms. The van der Waals surface area contributed by atoms with Gasteiger partial charge in [-0.05, 0) is 35.9 Å². The number of hydrogen-bond donors (Lipinski definition) is 2. The molecule has 3 rings (SSSR count). The summed E-state index contributed by atoms with van der Waals surface area (Å²) < 4.78 is 12.8. The molecule has 22 heavy (non-hydrogen) atoms. The molecule has 0 saturated carbocycles. The highest BCUT2D eigenvalue weighted by Crippen LogP contribution is 2.31. The van der Waals surface area contributed by atoms with Gasteiger partial charge in [0, 0.05) is 17.0 Å². The van der Waals surface area contributed by atoms with E-state index in [0.29, 0.717) is 23.5 Å². The number of hydrogen-bond acceptors (Lipinski definition) is 3. The van der Waals surface area contributed by atoms with Crippen LogP contribution in [0.2, 0.25) is 0 Å². The van der Waals surface area contributed by atoms with E-state index in [0.717, 1.165) is 10.5 Å². The molecule has 6 heteroatoms. The molecule has 0 unspecified atom stereocenters. The fraction of sp³-hybridized carbons (Fsp3) is 0.125. The van der Waals surface area contributed by atoms with Crippen LogP contribution < -0.4 is 10.6 Å². The third-order valence-corrected chi connectivity index (χ3v) is 4.31. The first-order valence-corrected chi connectivity index (χ1v) is 7.70. The molecule has 4 nitrogen and oxygen atoms in total. The van der Waals surface area contributed by atoms with Crippen LogP contribution in [0.1, 0.15) is 15.9 Å². The lowest BCUT2D eigenvalue weighted by atomic mass is 10.1. The van der Waals surface area contributed by atoms with E-state index in [2.05, 4.69) is 10.6 Å². The van der Waals surface area contributed by atoms with Gasteiger partial charge in [0.15, 0.2) is 0 Å². The number of rotatable bonds is 3. The number of anilines is 1. The Morgan fingerprint density at radius 1 is 1.23 bits per heavy atom. The molecule has 2 N–H and O–H groups in total. The van der Waals surface area contributed by atoms with Crippen molar-refractivity contribution in [2.24, 2.45) is 0 Å². The summed E-state index contributed by atoms with van der Waals surface area (Å²) in [6, 6.07) is 11.2. The average Bonchev–Trinajstić information content (AvgIpc) is 2.53. The molecule has 112 valence electrons. The minimum atomic E-state index is -0.307. The predicted octanol–water partition coefficient (Wildman–Crippen LogP) is 2.80. The van der Waals surface area contributed by atoms with Crippen LogP contribution in [0.4, 0.5) is 10.1 Å². The Morgan fingerprint density at radius 3 is 2.77 bits per heavy atom. The maximum atomic E-state index is 12.8. The second-order valence-electron chi connectivity index (χ2n) is 4.86. The third-order valence-electron chi connectivity index (χ3n) is 3.24. The molecule has 0 atom stereocenters. The van der Waals surface area contributed by atoms with Gasteiger partial charge in [-0.25, -0.2) is 4.39 Å². The van der Waals surface area contributed by atoms with E-state index in [9.17, 15) is 14.0 Å². The Labute approximate surface area is 131 Å². The second kappa shape index (κ2) is 6.19. The van der Waals surface area contributed by atoms with E-state index < -0.39 is 0 Å². The molecule has 1 heterocycles. The molecule has 2 amide bonds. The smallest absolute Gasteiger partial charge is 0.251 e. The first-order valence-electron chi connectivity index (χ1n) is 6.71. The number of benzene rings is 2. The monoisotopic (exact) mass is 316 g/mol. The molecule has 1 aliphatic rings. The Bertz CT molecular complexity index is 731. The summed E-state index contributed by atoms with van der Waals surface area (Å²) in [4.78, 5) is 24.5. The van der Waals surface area contributed by atoms with Gasteiger partial charge in [-0.2, -0.15) is 0 Å². The molecule has 0 saturated heterocycles. The maximum Gasteiger partial charge on any atom is 0.251 e. The van der Waals surface area contributed by atoms with Crippen LogP contribution in [-0.4, -0.2) is 17.6 Å². The van der Waals surface area contributed by atoms with Gasteiger partial charge in [-0.15, -0.1) is 11.8 Å². The summed E-state index contributed by atoms with van der Waals surface area (Å²) >= 11 is 1.45. The number of fused-ring (bicyclic) bond motifs is 1. The van der Waals surface area contributed by atoms with Crippen molar-refractivity contribution in [1.82, 2.24) is 5.32 Å². The van der Waals surface area contributed by atoms with Crippen molar-refractivity contribution in [2.75, 3.05) is 11.1 Å². The Hall–Kier alpha value is -2.34. The molecule has 2 aromatic rings. The Kier molecular flexibility index (Phi) is 4.11. The average molecular weight is 316 g/mol. The van der Waals surface area contributed by atoms with E-state index in [1.807, 2.05) is 6.07 Å². The summed E-state index contributed by atoms with van der Waals surface area (Å²) in [5.41, 5.74) is 1.95. The van der Waals surface area contributed by atoms with Gasteiger partial charge >= 0.3 is 0 Å². The Balaban J connectivity index is 1.68. The summed E-state index contributed by atoms with van der Waals surface area (Å²) in [6.45, 7) is 0.317. The number of carbonyl (C=O) groups is 2. The molecular formula is C16H13FN2O2S. The van der Waals surface area contributed by atoms with Crippen LogP contribution in [-0.2, 0) is 11.3 Å². The van der Waals surface area contributed by atoms with Crippen LogP contribution in [0, 0.1) is 5.82 Å². The lowest BCUT2D eigenvalue weighted by Crippen LogP contribution is -2.24. The zero-order valence-corrected chi connectivity index (χ0v) is 12.4. The van der Waals surface area contributed by atoms with Gasteiger partial charge in [0.1, 0.15) is 5.82 Å². The van der Waals surface area contributed by atoms with E-state index in [4.69, 9.17) is 0 Å². The lowest BCUT2D eigenvalue weighted by Gasteiger charge is -2.17. The molecule has 0 aromatic heterocycles. The molecule has 2 aromatic carbocycles. The van der Waals surface area contributed by atoms with Gasteiger partial charge in [0.25, 0.3) is 5.91 Å². The van der Waals surface area contributed by atoms with Crippen LogP contribution in [0.15, 0.2) is 47.4 Å². The van der Waals surface area contributed by atoms with E-state index in [1.165, 1.54) is 23.9 Å². The molecule has 0 radical (unpaired) electrons. The number of carbonyl (C=O) groups excluding carboxylic acids is 2. The Morgan fingerprint density at radius 2 is 2.00 bits per heavy atom. The highest BCUT2D eigenvalue weighted by molar-refractivity contribution is 8.00. The summed E-state index contributed by atoms with van der Waals surface area (Å²) in [5.74, 6) is -0.223. The molecular weight excluding hydrogens is 303 g/mol. The SMILES string of the molecule is O=C1CSc2ccc(C(=O)NCc3ccc(F)cc3)cc2N1. The van der Waals surface area contributed by atoms with Crippen molar-refractivity contribution in [1.29, 1.82) is 0 Å². The van der Waals surface area contributed by atoms with Gasteiger partial charge in [0.2, 0.25) is 5.91 Å². The van der Waals surface area contributed by atoms with Gasteiger partial charge in [0.05, 0.1) is 11.4 Å². The van der Waals surface area contributed by atoms with Crippen LogP contribution in [0.5, 0.6) is 0 Å². The minimum absolute atomic E-state index is 0.0682. The quantitative estimate of drug-likeness (QED) is 0.915. The molecule has 0 aliphatic carbocycles. The first-order chi connectivity index (χ1) is 10.6. The predicted molar refractivity (Wildman–Crippen MR) is 83.4 cm³/mol. The lowest BCUT2D eigenvalue weighted by molar-refractivity contribution is -0.113. The highest BCUT2D eigenvalue weighted by atomic mass is 32.2. The molecule has 1 aliphatic heterocycles. The van der Waals surface area contributed by atoms with Crippen LogP contribution in [0.3, 0.4) is 0 Å². The molecule has 0 spiro atoms. The van der Waals surface area contributed by atoms with E-state index >= 15 is 0 Å². The standard InChI is InChI=1S/C16H13FN2O2S/c17-12-4-1-10(2-5-12)8-18-16(21)11-3-6-14-13(7-11)19-15(20)9-22-14/h1-7H,8-9H2,(H,18,21)(H,19,20). The van der Waals surface area contributed by atoms with Crippen LogP contribution in [0.25, 0.3) is 0 Å². The summed E-state index contributed by atoms with van der Waals surface area (Å²) in [7, 11) is 0. The maximum absolute atomic E-state index is 12.8. The van der Waals surface area contributed by atoms with Gasteiger partial charge < -0.3 is 10.6 Å². The normalized spacial score (nSPS) is 13.2. The number of halogens is 1. The zero-order valence-electron chi connectivity index (χ0n) is 11.6. The zero-order chi connectivity index (χ0) is 15.5. The van der Waals surface area contributed by atoms with Crippen molar-refractivity contribution in [3.8, 4) is 0 Å². The minimum Gasteiger partial charge on any atom is -0.348 e. The van der Waals surface area contributed by atoms with Crippen molar-refractivity contribution in [3.63, 3.8) is 0 Å². The van der Waals surface area contributed by atoms with E-state index in [-0.39, 0.29) is 17.6 Å². The molecule has 0 fully saturated rings. The number of amides is 2. The van der Waals surface area contributed by atoms with Gasteiger partial charge in [-0.3, -0.25) is 9.59 Å². The first kappa shape index (κ1) is 14.6.